The van der Waals surface area contributed by atoms with Gasteiger partial charge in [-0.2, -0.15) is 10.5 Å². The molecule has 84 valence electrons. The zero-order valence-electron chi connectivity index (χ0n) is 8.88. The zero-order chi connectivity index (χ0) is 12.8. The third kappa shape index (κ3) is 3.05. The lowest BCUT2D eigenvalue weighted by atomic mass is 10.1. The number of hydrogen-bond donors (Lipinski definition) is 0. The molecule has 0 radical (unpaired) electrons. The number of nitro groups is 1. The van der Waals surface area contributed by atoms with Gasteiger partial charge in [0.15, 0.2) is 0 Å². The lowest BCUT2D eigenvalue weighted by Crippen LogP contribution is -1.91. The lowest BCUT2D eigenvalue weighted by Gasteiger charge is -2.01. The third-order valence-electron chi connectivity index (χ3n) is 1.91. The summed E-state index contributed by atoms with van der Waals surface area (Å²) < 4.78 is 4.90. The lowest BCUT2D eigenvalue weighted by molar-refractivity contribution is -0.384. The van der Waals surface area contributed by atoms with E-state index in [0.29, 0.717) is 11.3 Å². The minimum Gasteiger partial charge on any atom is -0.496 e. The van der Waals surface area contributed by atoms with Gasteiger partial charge >= 0.3 is 0 Å². The van der Waals surface area contributed by atoms with Crippen LogP contribution in [0.3, 0.4) is 0 Å². The minimum absolute atomic E-state index is 0.132. The number of methoxy groups -OCH3 is 1. The largest absolute Gasteiger partial charge is 0.496 e. The number of ether oxygens (including phenoxy) is 1. The van der Waals surface area contributed by atoms with Crippen molar-refractivity contribution in [3.05, 3.63) is 39.4 Å². The predicted molar refractivity (Wildman–Crippen MR) is 58.9 cm³/mol. The van der Waals surface area contributed by atoms with E-state index in [1.807, 2.05) is 0 Å². The first-order chi connectivity index (χ1) is 8.10. The Kier molecular flexibility index (Phi) is 3.80. The fraction of sp³-hybridized carbons (Fsp3) is 0.0909. The molecule has 1 aromatic carbocycles. The summed E-state index contributed by atoms with van der Waals surface area (Å²) in [6, 6.07) is 7.37. The van der Waals surface area contributed by atoms with Gasteiger partial charge in [0.05, 0.1) is 18.1 Å². The summed E-state index contributed by atoms with van der Waals surface area (Å²) in [5.41, 5.74) is 0.0764. The number of allylic oxidation sites excluding steroid dienone is 1. The fourth-order valence-corrected chi connectivity index (χ4v) is 1.17. The van der Waals surface area contributed by atoms with Crippen molar-refractivity contribution in [2.75, 3.05) is 7.11 Å². The van der Waals surface area contributed by atoms with Crippen LogP contribution in [-0.4, -0.2) is 12.0 Å². The van der Waals surface area contributed by atoms with E-state index in [1.165, 1.54) is 31.4 Å². The van der Waals surface area contributed by atoms with E-state index < -0.39 is 4.92 Å². The molecule has 17 heavy (non-hydrogen) atoms. The van der Waals surface area contributed by atoms with Crippen molar-refractivity contribution >= 4 is 11.8 Å². The zero-order valence-corrected chi connectivity index (χ0v) is 8.88. The molecule has 6 nitrogen and oxygen atoms in total. The standard InChI is InChI=1S/C11H7N3O3/c1-17-11-4-8(2-9(6-12)7-13)3-10(5-11)14(15)16/h2-5H,1H3. The number of nitrogens with zero attached hydrogens (tertiary/aromatic N) is 3. The third-order valence-corrected chi connectivity index (χ3v) is 1.91. The van der Waals surface area contributed by atoms with Gasteiger partial charge in [-0.3, -0.25) is 10.1 Å². The highest BCUT2D eigenvalue weighted by Gasteiger charge is 2.09. The minimum atomic E-state index is -0.571. The summed E-state index contributed by atoms with van der Waals surface area (Å²) in [7, 11) is 1.38. The Hall–Kier alpha value is -2.86. The van der Waals surface area contributed by atoms with E-state index in [9.17, 15) is 10.1 Å². The van der Waals surface area contributed by atoms with Crippen LogP contribution in [0.1, 0.15) is 5.56 Å². The van der Waals surface area contributed by atoms with Gasteiger partial charge in [-0.15, -0.1) is 0 Å². The molecule has 0 aliphatic heterocycles. The van der Waals surface area contributed by atoms with Crippen molar-refractivity contribution in [2.45, 2.75) is 0 Å². The van der Waals surface area contributed by atoms with E-state index in [4.69, 9.17) is 15.3 Å². The van der Waals surface area contributed by atoms with Gasteiger partial charge in [0, 0.05) is 6.07 Å². The highest BCUT2D eigenvalue weighted by atomic mass is 16.6. The summed E-state index contributed by atoms with van der Waals surface area (Å²) in [6.07, 6.45) is 1.26. The summed E-state index contributed by atoms with van der Waals surface area (Å²) in [6.45, 7) is 0. The molecular formula is C11H7N3O3. The molecule has 1 rings (SSSR count). The molecular weight excluding hydrogens is 222 g/mol. The van der Waals surface area contributed by atoms with Gasteiger partial charge in [0.25, 0.3) is 5.69 Å². The Morgan fingerprint density at radius 1 is 1.41 bits per heavy atom. The second kappa shape index (κ2) is 5.29. The van der Waals surface area contributed by atoms with Gasteiger partial charge in [0.1, 0.15) is 23.5 Å². The fourth-order valence-electron chi connectivity index (χ4n) is 1.17. The van der Waals surface area contributed by atoms with Crippen LogP contribution in [0.15, 0.2) is 23.8 Å². The topological polar surface area (TPSA) is 99.9 Å². The van der Waals surface area contributed by atoms with Gasteiger partial charge in [0.2, 0.25) is 0 Å². The molecule has 0 aliphatic rings. The predicted octanol–water partition coefficient (Wildman–Crippen LogP) is 2.03. The molecule has 0 saturated heterocycles. The molecule has 0 atom stereocenters. The monoisotopic (exact) mass is 229 g/mol. The van der Waals surface area contributed by atoms with Gasteiger partial charge in [-0.05, 0) is 17.7 Å². The van der Waals surface area contributed by atoms with E-state index in [0.717, 1.165) is 0 Å². The molecule has 0 aromatic heterocycles. The molecule has 6 heteroatoms. The van der Waals surface area contributed by atoms with Crippen LogP contribution in [0.5, 0.6) is 5.75 Å². The van der Waals surface area contributed by atoms with Crippen LogP contribution in [0.2, 0.25) is 0 Å². The van der Waals surface area contributed by atoms with Crippen molar-refractivity contribution in [2.24, 2.45) is 0 Å². The van der Waals surface area contributed by atoms with Gasteiger partial charge in [-0.25, -0.2) is 0 Å². The molecule has 0 spiro atoms. The first kappa shape index (κ1) is 12.2. The summed E-state index contributed by atoms with van der Waals surface area (Å²) in [5, 5.41) is 27.8. The maximum atomic E-state index is 10.6. The van der Waals surface area contributed by atoms with Gasteiger partial charge in [-0.1, -0.05) is 0 Å². The van der Waals surface area contributed by atoms with E-state index in [2.05, 4.69) is 0 Å². The van der Waals surface area contributed by atoms with Crippen molar-refractivity contribution in [1.29, 1.82) is 10.5 Å². The first-order valence-corrected chi connectivity index (χ1v) is 4.46. The van der Waals surface area contributed by atoms with E-state index in [-0.39, 0.29) is 11.3 Å². The maximum absolute atomic E-state index is 10.6. The summed E-state index contributed by atoms with van der Waals surface area (Å²) in [4.78, 5) is 10.1. The highest BCUT2D eigenvalue weighted by molar-refractivity contribution is 5.65. The van der Waals surface area contributed by atoms with Crippen molar-refractivity contribution in [3.8, 4) is 17.9 Å². The molecule has 0 N–H and O–H groups in total. The summed E-state index contributed by atoms with van der Waals surface area (Å²) >= 11 is 0. The smallest absolute Gasteiger partial charge is 0.273 e. The molecule has 0 aliphatic carbocycles. The average molecular weight is 229 g/mol. The molecule has 0 amide bonds. The quantitative estimate of drug-likeness (QED) is 0.448. The SMILES string of the molecule is COc1cc(C=C(C#N)C#N)cc([N+](=O)[O-])c1. The Bertz CT molecular complexity index is 548. The van der Waals surface area contributed by atoms with Crippen molar-refractivity contribution in [1.82, 2.24) is 0 Å². The van der Waals surface area contributed by atoms with Crippen LogP contribution < -0.4 is 4.74 Å². The van der Waals surface area contributed by atoms with Crippen molar-refractivity contribution < 1.29 is 9.66 Å². The second-order valence-electron chi connectivity index (χ2n) is 3.00. The first-order valence-electron chi connectivity index (χ1n) is 4.46. The molecule has 0 bridgehead atoms. The highest BCUT2D eigenvalue weighted by Crippen LogP contribution is 2.23. The number of hydrogen-bond acceptors (Lipinski definition) is 5. The van der Waals surface area contributed by atoms with Crippen LogP contribution >= 0.6 is 0 Å². The van der Waals surface area contributed by atoms with Crippen LogP contribution in [-0.2, 0) is 0 Å². The van der Waals surface area contributed by atoms with Crippen LogP contribution in [0.4, 0.5) is 5.69 Å². The van der Waals surface area contributed by atoms with E-state index in [1.54, 1.807) is 12.1 Å². The Balaban J connectivity index is 3.31. The molecule has 0 fully saturated rings. The number of non-ortho nitro benzene ring substituents is 1. The average Bonchev–Trinajstić information content (AvgIpc) is 2.35. The van der Waals surface area contributed by atoms with E-state index >= 15 is 0 Å². The number of benzene rings is 1. The van der Waals surface area contributed by atoms with Gasteiger partial charge < -0.3 is 4.74 Å². The molecule has 0 saturated carbocycles. The Morgan fingerprint density at radius 2 is 2.06 bits per heavy atom. The van der Waals surface area contributed by atoms with Crippen LogP contribution in [0.25, 0.3) is 6.08 Å². The van der Waals surface area contributed by atoms with Crippen molar-refractivity contribution in [3.63, 3.8) is 0 Å². The Labute approximate surface area is 97.1 Å². The molecule has 0 unspecified atom stereocenters. The second-order valence-corrected chi connectivity index (χ2v) is 3.00. The number of nitro benzene ring substituents is 1. The normalized spacial score (nSPS) is 8.65. The maximum Gasteiger partial charge on any atom is 0.273 e. The number of nitriles is 2. The summed E-state index contributed by atoms with van der Waals surface area (Å²) in [5.74, 6) is 0.292. The number of rotatable bonds is 3. The molecule has 1 aromatic rings. The van der Waals surface area contributed by atoms with Crippen LogP contribution in [0, 0.1) is 32.8 Å². The Morgan fingerprint density at radius 3 is 2.53 bits per heavy atom. The molecule has 0 heterocycles.